The monoisotopic (exact) mass is 166 g/mol. The van der Waals surface area contributed by atoms with Crippen LogP contribution in [0.3, 0.4) is 0 Å². The Balaban J connectivity index is 1.76. The Morgan fingerprint density at radius 2 is 0.833 bits per heavy atom. The molecule has 0 unspecified atom stereocenters. The van der Waals surface area contributed by atoms with Gasteiger partial charge in [-0.25, -0.2) is 0 Å². The van der Waals surface area contributed by atoms with Gasteiger partial charge in [0.2, 0.25) is 0 Å². The fourth-order valence-electron chi connectivity index (χ4n) is 2.69. The van der Waals surface area contributed by atoms with E-state index in [1.54, 1.807) is 25.7 Å². The minimum Gasteiger partial charge on any atom is -0.0533 e. The molecule has 0 N–H and O–H groups in total. The Kier molecular flexibility index (Phi) is 2.73. The Morgan fingerprint density at radius 1 is 0.417 bits per heavy atom. The van der Waals surface area contributed by atoms with E-state index in [2.05, 4.69) is 0 Å². The van der Waals surface area contributed by atoms with E-state index >= 15 is 0 Å². The van der Waals surface area contributed by atoms with Crippen LogP contribution >= 0.6 is 0 Å². The van der Waals surface area contributed by atoms with Gasteiger partial charge in [-0.1, -0.05) is 44.9 Å². The maximum atomic E-state index is 1.56. The molecule has 0 nitrogen and oxygen atoms in total. The summed E-state index contributed by atoms with van der Waals surface area (Å²) in [5, 5.41) is 0. The molecule has 2 aliphatic carbocycles. The van der Waals surface area contributed by atoms with Gasteiger partial charge in [-0.05, 0) is 31.1 Å². The molecule has 2 fully saturated rings. The third-order valence-corrected chi connectivity index (χ3v) is 3.87. The van der Waals surface area contributed by atoms with E-state index in [1.807, 2.05) is 0 Å². The highest BCUT2D eigenvalue weighted by Crippen LogP contribution is 2.54. The summed E-state index contributed by atoms with van der Waals surface area (Å²) in [7, 11) is 0. The highest BCUT2D eigenvalue weighted by Gasteiger charge is 2.40. The van der Waals surface area contributed by atoms with Crippen molar-refractivity contribution in [1.82, 2.24) is 0 Å². The third-order valence-electron chi connectivity index (χ3n) is 3.87. The zero-order chi connectivity index (χ0) is 8.28. The molecule has 0 atom stereocenters. The van der Waals surface area contributed by atoms with E-state index in [0.717, 1.165) is 5.41 Å². The van der Waals surface area contributed by atoms with Crippen LogP contribution in [-0.2, 0) is 0 Å². The van der Waals surface area contributed by atoms with Gasteiger partial charge >= 0.3 is 0 Å². The first-order valence-corrected chi connectivity index (χ1v) is 5.91. The van der Waals surface area contributed by atoms with E-state index in [-0.39, 0.29) is 0 Å². The highest BCUT2D eigenvalue weighted by atomic mass is 14.5. The van der Waals surface area contributed by atoms with Gasteiger partial charge in [0, 0.05) is 0 Å². The Bertz CT molecular complexity index is 121. The van der Waals surface area contributed by atoms with E-state index in [4.69, 9.17) is 0 Å². The van der Waals surface area contributed by atoms with Crippen molar-refractivity contribution >= 4 is 0 Å². The predicted molar refractivity (Wildman–Crippen MR) is 53.2 cm³/mol. The van der Waals surface area contributed by atoms with Crippen molar-refractivity contribution in [3.63, 3.8) is 0 Å². The van der Waals surface area contributed by atoms with Crippen LogP contribution in [0.2, 0.25) is 0 Å². The molecule has 0 saturated heterocycles. The molecule has 0 heterocycles. The molecule has 0 amide bonds. The Labute approximate surface area is 76.7 Å². The van der Waals surface area contributed by atoms with Crippen LogP contribution in [0.5, 0.6) is 0 Å². The molecule has 0 aromatic rings. The SMILES string of the molecule is C1CCCCC2(CCCC1)CC2. The topological polar surface area (TPSA) is 0 Å². The molecule has 0 heteroatoms. The Hall–Kier alpha value is 0. The molecule has 0 radical (unpaired) electrons. The minimum atomic E-state index is 0.886. The summed E-state index contributed by atoms with van der Waals surface area (Å²) >= 11 is 0. The molecule has 2 rings (SSSR count). The Morgan fingerprint density at radius 3 is 1.25 bits per heavy atom. The zero-order valence-electron chi connectivity index (χ0n) is 8.28. The van der Waals surface area contributed by atoms with Crippen molar-refractivity contribution in [2.45, 2.75) is 70.6 Å². The van der Waals surface area contributed by atoms with Gasteiger partial charge < -0.3 is 0 Å². The summed E-state index contributed by atoms with van der Waals surface area (Å²) in [4.78, 5) is 0. The maximum absolute atomic E-state index is 1.56. The van der Waals surface area contributed by atoms with Gasteiger partial charge in [-0.2, -0.15) is 0 Å². The molecule has 0 aromatic heterocycles. The second-order valence-electron chi connectivity index (χ2n) is 4.97. The van der Waals surface area contributed by atoms with Crippen LogP contribution in [0, 0.1) is 5.41 Å². The van der Waals surface area contributed by atoms with Crippen LogP contribution < -0.4 is 0 Å². The summed E-state index contributed by atoms with van der Waals surface area (Å²) in [6.07, 6.45) is 16.9. The number of hydrogen-bond acceptors (Lipinski definition) is 0. The first-order valence-electron chi connectivity index (χ1n) is 5.91. The first kappa shape index (κ1) is 8.59. The highest BCUT2D eigenvalue weighted by molar-refractivity contribution is 4.92. The zero-order valence-corrected chi connectivity index (χ0v) is 8.28. The predicted octanol–water partition coefficient (Wildman–Crippen LogP) is 4.29. The summed E-state index contributed by atoms with van der Waals surface area (Å²) in [5.41, 5.74) is 0.886. The lowest BCUT2D eigenvalue weighted by atomic mass is 9.90. The van der Waals surface area contributed by atoms with Crippen molar-refractivity contribution in [1.29, 1.82) is 0 Å². The van der Waals surface area contributed by atoms with Crippen molar-refractivity contribution in [2.24, 2.45) is 5.41 Å². The molecular formula is C12H22. The van der Waals surface area contributed by atoms with Crippen molar-refractivity contribution in [3.05, 3.63) is 0 Å². The number of rotatable bonds is 0. The molecule has 0 aromatic carbocycles. The molecule has 70 valence electrons. The van der Waals surface area contributed by atoms with Crippen LogP contribution in [0.25, 0.3) is 0 Å². The second kappa shape index (κ2) is 3.81. The molecular weight excluding hydrogens is 144 g/mol. The third kappa shape index (κ3) is 2.24. The lowest BCUT2D eigenvalue weighted by Gasteiger charge is -2.16. The van der Waals surface area contributed by atoms with Crippen LogP contribution in [-0.4, -0.2) is 0 Å². The van der Waals surface area contributed by atoms with E-state index in [0.29, 0.717) is 0 Å². The minimum absolute atomic E-state index is 0.886. The summed E-state index contributed by atoms with van der Waals surface area (Å²) in [6, 6.07) is 0. The van der Waals surface area contributed by atoms with Gasteiger partial charge in [-0.3, -0.25) is 0 Å². The van der Waals surface area contributed by atoms with Crippen LogP contribution in [0.15, 0.2) is 0 Å². The molecule has 12 heavy (non-hydrogen) atoms. The van der Waals surface area contributed by atoms with Crippen molar-refractivity contribution < 1.29 is 0 Å². The second-order valence-corrected chi connectivity index (χ2v) is 4.97. The maximum Gasteiger partial charge on any atom is -0.0297 e. The van der Waals surface area contributed by atoms with Crippen LogP contribution in [0.4, 0.5) is 0 Å². The average Bonchev–Trinajstić information content (AvgIpc) is 2.84. The fraction of sp³-hybridized carbons (Fsp3) is 1.00. The van der Waals surface area contributed by atoms with E-state index in [1.165, 1.54) is 44.9 Å². The van der Waals surface area contributed by atoms with Crippen molar-refractivity contribution in [3.8, 4) is 0 Å². The van der Waals surface area contributed by atoms with Crippen molar-refractivity contribution in [2.75, 3.05) is 0 Å². The number of hydrogen-bond donors (Lipinski definition) is 0. The summed E-state index contributed by atoms with van der Waals surface area (Å²) < 4.78 is 0. The molecule has 0 aliphatic heterocycles. The smallest absolute Gasteiger partial charge is 0.0297 e. The van der Waals surface area contributed by atoms with Crippen LogP contribution in [0.1, 0.15) is 70.6 Å². The normalized spacial score (nSPS) is 30.0. The lowest BCUT2D eigenvalue weighted by molar-refractivity contribution is 0.370. The lowest BCUT2D eigenvalue weighted by Crippen LogP contribution is -2.01. The van der Waals surface area contributed by atoms with Gasteiger partial charge in [0.25, 0.3) is 0 Å². The van der Waals surface area contributed by atoms with E-state index in [9.17, 15) is 0 Å². The molecule has 1 spiro atoms. The van der Waals surface area contributed by atoms with Gasteiger partial charge in [0.1, 0.15) is 0 Å². The van der Waals surface area contributed by atoms with Gasteiger partial charge in [0.15, 0.2) is 0 Å². The standard InChI is InChI=1S/C12H22/c1-2-4-6-8-12(10-11-12)9-7-5-3-1/h1-11H2. The average molecular weight is 166 g/mol. The fourth-order valence-corrected chi connectivity index (χ4v) is 2.69. The molecule has 2 aliphatic rings. The van der Waals surface area contributed by atoms with E-state index < -0.39 is 0 Å². The first-order chi connectivity index (χ1) is 5.91. The quantitative estimate of drug-likeness (QED) is 0.503. The molecule has 2 saturated carbocycles. The summed E-state index contributed by atoms with van der Waals surface area (Å²) in [5.74, 6) is 0. The summed E-state index contributed by atoms with van der Waals surface area (Å²) in [6.45, 7) is 0. The molecule has 0 bridgehead atoms. The van der Waals surface area contributed by atoms with Gasteiger partial charge in [-0.15, -0.1) is 0 Å². The largest absolute Gasteiger partial charge is 0.0533 e. The van der Waals surface area contributed by atoms with Gasteiger partial charge in [0.05, 0.1) is 0 Å².